The number of ether oxygens (including phenoxy) is 1. The first-order chi connectivity index (χ1) is 11.1. The standard InChI is InChI=1S/C17H16ClN3O2/c18-16-10-15(19)14(11-21-16)8-4-5-9-20-17(22)23-12-13-6-2-1-3-7-13/h1-3,6-7,10-11H,5,9,12H2,(H2,19,21)(H,20,22). The minimum Gasteiger partial charge on any atom is -0.445 e. The molecule has 118 valence electrons. The molecular weight excluding hydrogens is 314 g/mol. The molecule has 2 rings (SSSR count). The summed E-state index contributed by atoms with van der Waals surface area (Å²) in [5.74, 6) is 5.79. The predicted octanol–water partition coefficient (Wildman–Crippen LogP) is 2.99. The highest BCUT2D eigenvalue weighted by Crippen LogP contribution is 2.13. The van der Waals surface area contributed by atoms with Gasteiger partial charge in [-0.15, -0.1) is 0 Å². The topological polar surface area (TPSA) is 77.2 Å². The first-order valence-corrected chi connectivity index (χ1v) is 7.37. The average molecular weight is 330 g/mol. The molecule has 0 aliphatic heterocycles. The zero-order valence-electron chi connectivity index (χ0n) is 12.4. The van der Waals surface area contributed by atoms with Crippen LogP contribution in [0.25, 0.3) is 0 Å². The van der Waals surface area contributed by atoms with E-state index in [9.17, 15) is 4.79 Å². The smallest absolute Gasteiger partial charge is 0.407 e. The van der Waals surface area contributed by atoms with Crippen molar-refractivity contribution in [2.24, 2.45) is 0 Å². The Morgan fingerprint density at radius 2 is 2.13 bits per heavy atom. The van der Waals surface area contributed by atoms with Crippen LogP contribution in [0.4, 0.5) is 10.5 Å². The number of nitrogens with zero attached hydrogens (tertiary/aromatic N) is 1. The van der Waals surface area contributed by atoms with Crippen molar-refractivity contribution in [3.8, 4) is 11.8 Å². The second kappa shape index (κ2) is 8.66. The van der Waals surface area contributed by atoms with Crippen molar-refractivity contribution in [3.63, 3.8) is 0 Å². The van der Waals surface area contributed by atoms with Gasteiger partial charge in [0.05, 0.1) is 11.3 Å². The number of halogens is 1. The number of hydrogen-bond donors (Lipinski definition) is 2. The molecule has 0 unspecified atom stereocenters. The van der Waals surface area contributed by atoms with E-state index in [4.69, 9.17) is 22.1 Å². The molecule has 0 saturated heterocycles. The van der Waals surface area contributed by atoms with Gasteiger partial charge in [-0.05, 0) is 11.6 Å². The summed E-state index contributed by atoms with van der Waals surface area (Å²) in [5.41, 5.74) is 7.79. The number of rotatable bonds is 4. The third-order valence-corrected chi connectivity index (χ3v) is 3.06. The van der Waals surface area contributed by atoms with Crippen LogP contribution in [0.1, 0.15) is 17.5 Å². The fourth-order valence-electron chi connectivity index (χ4n) is 1.71. The molecule has 1 aromatic carbocycles. The number of carbonyl (C=O) groups excluding carboxylic acids is 1. The molecule has 0 atom stereocenters. The number of hydrogen-bond acceptors (Lipinski definition) is 4. The highest BCUT2D eigenvalue weighted by Gasteiger charge is 2.01. The zero-order valence-corrected chi connectivity index (χ0v) is 13.1. The van der Waals surface area contributed by atoms with Gasteiger partial charge in [-0.2, -0.15) is 0 Å². The van der Waals surface area contributed by atoms with Gasteiger partial charge in [0.2, 0.25) is 0 Å². The lowest BCUT2D eigenvalue weighted by molar-refractivity contribution is 0.140. The Labute approximate surface area is 139 Å². The molecule has 0 saturated carbocycles. The van der Waals surface area contributed by atoms with Crippen molar-refractivity contribution in [1.82, 2.24) is 10.3 Å². The summed E-state index contributed by atoms with van der Waals surface area (Å²) in [4.78, 5) is 15.4. The summed E-state index contributed by atoms with van der Waals surface area (Å²) in [7, 11) is 0. The Morgan fingerprint density at radius 3 is 2.87 bits per heavy atom. The van der Waals surface area contributed by atoms with Crippen LogP contribution < -0.4 is 11.1 Å². The van der Waals surface area contributed by atoms with Crippen LogP contribution in [-0.2, 0) is 11.3 Å². The van der Waals surface area contributed by atoms with Gasteiger partial charge in [-0.1, -0.05) is 53.8 Å². The van der Waals surface area contributed by atoms with E-state index in [0.717, 1.165) is 5.56 Å². The molecule has 23 heavy (non-hydrogen) atoms. The molecule has 0 radical (unpaired) electrons. The second-order valence-electron chi connectivity index (χ2n) is 4.63. The zero-order chi connectivity index (χ0) is 16.5. The first-order valence-electron chi connectivity index (χ1n) is 6.99. The van der Waals surface area contributed by atoms with Crippen LogP contribution in [0, 0.1) is 11.8 Å². The predicted molar refractivity (Wildman–Crippen MR) is 89.8 cm³/mol. The summed E-state index contributed by atoms with van der Waals surface area (Å²) < 4.78 is 5.08. The van der Waals surface area contributed by atoms with E-state index in [2.05, 4.69) is 22.1 Å². The number of pyridine rings is 1. The molecule has 0 spiro atoms. The molecule has 2 aromatic rings. The lowest BCUT2D eigenvalue weighted by Gasteiger charge is -2.05. The lowest BCUT2D eigenvalue weighted by Crippen LogP contribution is -2.24. The van der Waals surface area contributed by atoms with Crippen molar-refractivity contribution in [2.75, 3.05) is 12.3 Å². The maximum atomic E-state index is 11.5. The van der Waals surface area contributed by atoms with Gasteiger partial charge in [-0.3, -0.25) is 0 Å². The number of carbonyl (C=O) groups is 1. The monoisotopic (exact) mass is 329 g/mol. The van der Waals surface area contributed by atoms with Crippen molar-refractivity contribution in [2.45, 2.75) is 13.0 Å². The van der Waals surface area contributed by atoms with Gasteiger partial charge >= 0.3 is 6.09 Å². The van der Waals surface area contributed by atoms with Gasteiger partial charge in [-0.25, -0.2) is 9.78 Å². The molecule has 1 heterocycles. The molecule has 0 bridgehead atoms. The number of benzene rings is 1. The maximum Gasteiger partial charge on any atom is 0.407 e. The number of amides is 1. The van der Waals surface area contributed by atoms with Gasteiger partial charge in [0.25, 0.3) is 0 Å². The third-order valence-electron chi connectivity index (χ3n) is 2.86. The summed E-state index contributed by atoms with van der Waals surface area (Å²) in [6.07, 6.45) is 1.53. The number of anilines is 1. The molecule has 1 aromatic heterocycles. The van der Waals surface area contributed by atoms with Gasteiger partial charge in [0, 0.05) is 19.2 Å². The van der Waals surface area contributed by atoms with Gasteiger partial charge < -0.3 is 15.8 Å². The van der Waals surface area contributed by atoms with Crippen LogP contribution in [0.15, 0.2) is 42.6 Å². The van der Waals surface area contributed by atoms with Crippen LogP contribution in [-0.4, -0.2) is 17.6 Å². The number of aromatic nitrogens is 1. The number of nitrogen functional groups attached to an aromatic ring is 1. The number of nitrogens with one attached hydrogen (secondary N) is 1. The average Bonchev–Trinajstić information content (AvgIpc) is 2.55. The summed E-state index contributed by atoms with van der Waals surface area (Å²) >= 11 is 5.71. The Kier molecular flexibility index (Phi) is 6.28. The Balaban J connectivity index is 1.69. The van der Waals surface area contributed by atoms with Crippen molar-refractivity contribution < 1.29 is 9.53 Å². The molecule has 5 nitrogen and oxygen atoms in total. The van der Waals surface area contributed by atoms with Gasteiger partial charge in [0.1, 0.15) is 11.8 Å². The fourth-order valence-corrected chi connectivity index (χ4v) is 1.87. The third kappa shape index (κ3) is 5.89. The molecule has 1 amide bonds. The SMILES string of the molecule is Nc1cc(Cl)ncc1C#CCCNC(=O)OCc1ccccc1. The summed E-state index contributed by atoms with van der Waals surface area (Å²) in [6.45, 7) is 0.632. The van der Waals surface area contributed by atoms with Crippen molar-refractivity contribution in [1.29, 1.82) is 0 Å². The van der Waals surface area contributed by atoms with Gasteiger partial charge in [0.15, 0.2) is 0 Å². The largest absolute Gasteiger partial charge is 0.445 e. The quantitative estimate of drug-likeness (QED) is 0.513. The first kappa shape index (κ1) is 16.7. The highest BCUT2D eigenvalue weighted by molar-refractivity contribution is 6.29. The van der Waals surface area contributed by atoms with E-state index in [-0.39, 0.29) is 6.61 Å². The van der Waals surface area contributed by atoms with E-state index in [1.165, 1.54) is 6.20 Å². The molecule has 0 fully saturated rings. The summed E-state index contributed by atoms with van der Waals surface area (Å²) in [6, 6.07) is 11.0. The van der Waals surface area contributed by atoms with E-state index < -0.39 is 6.09 Å². The lowest BCUT2D eigenvalue weighted by atomic mass is 10.2. The van der Waals surface area contributed by atoms with E-state index in [1.807, 2.05) is 30.3 Å². The molecular formula is C17H16ClN3O2. The Bertz CT molecular complexity index is 724. The van der Waals surface area contributed by atoms with E-state index >= 15 is 0 Å². The summed E-state index contributed by atoms with van der Waals surface area (Å²) in [5, 5.41) is 2.96. The minimum absolute atomic E-state index is 0.241. The van der Waals surface area contributed by atoms with Crippen LogP contribution in [0.3, 0.4) is 0 Å². The molecule has 0 aliphatic carbocycles. The molecule has 6 heteroatoms. The normalized spacial score (nSPS) is 9.61. The molecule has 3 N–H and O–H groups in total. The highest BCUT2D eigenvalue weighted by atomic mass is 35.5. The fraction of sp³-hybridized carbons (Fsp3) is 0.176. The van der Waals surface area contributed by atoms with Crippen LogP contribution in [0.2, 0.25) is 5.15 Å². The van der Waals surface area contributed by atoms with Crippen LogP contribution >= 0.6 is 11.6 Å². The van der Waals surface area contributed by atoms with Crippen molar-refractivity contribution in [3.05, 3.63) is 58.9 Å². The second-order valence-corrected chi connectivity index (χ2v) is 5.02. The Hall–Kier alpha value is -2.71. The number of alkyl carbamates (subject to hydrolysis) is 1. The van der Waals surface area contributed by atoms with Crippen molar-refractivity contribution >= 4 is 23.4 Å². The van der Waals surface area contributed by atoms with Crippen LogP contribution in [0.5, 0.6) is 0 Å². The minimum atomic E-state index is -0.469. The number of nitrogens with two attached hydrogens (primary N) is 1. The molecule has 0 aliphatic rings. The Morgan fingerprint density at radius 1 is 1.35 bits per heavy atom. The maximum absolute atomic E-state index is 11.5. The van der Waals surface area contributed by atoms with E-state index in [1.54, 1.807) is 6.07 Å². The van der Waals surface area contributed by atoms with E-state index in [0.29, 0.717) is 29.4 Å².